The molecule has 0 aromatic heterocycles. The van der Waals surface area contributed by atoms with E-state index in [4.69, 9.17) is 4.99 Å². The molecule has 3 aliphatic rings. The van der Waals surface area contributed by atoms with E-state index < -0.39 is 0 Å². The number of thioether (sulfide) groups is 1. The Hall–Kier alpha value is -1.81. The highest BCUT2D eigenvalue weighted by molar-refractivity contribution is 8.02. The molecule has 3 atom stereocenters. The summed E-state index contributed by atoms with van der Waals surface area (Å²) in [6.45, 7) is 3.52. The van der Waals surface area contributed by atoms with E-state index in [1.165, 1.54) is 5.56 Å². The van der Waals surface area contributed by atoms with Crippen molar-refractivity contribution in [2.45, 2.75) is 24.6 Å². The van der Waals surface area contributed by atoms with Gasteiger partial charge in [0.05, 0.1) is 16.4 Å². The zero-order valence-electron chi connectivity index (χ0n) is 13.9. The molecular weight excluding hydrogens is 316 g/mol. The summed E-state index contributed by atoms with van der Waals surface area (Å²) in [5, 5.41) is 3.15. The average molecular weight is 338 g/mol. The van der Waals surface area contributed by atoms with Crippen LogP contribution in [0, 0.1) is 18.8 Å². The molecule has 124 valence electrons. The maximum absolute atomic E-state index is 12.8. The fourth-order valence-electron chi connectivity index (χ4n) is 3.95. The predicted molar refractivity (Wildman–Crippen MR) is 100 cm³/mol. The van der Waals surface area contributed by atoms with E-state index >= 15 is 0 Å². The maximum atomic E-state index is 12.8. The summed E-state index contributed by atoms with van der Waals surface area (Å²) in [4.78, 5) is 17.5. The minimum absolute atomic E-state index is 0.0706. The van der Waals surface area contributed by atoms with Gasteiger partial charge in [0.2, 0.25) is 5.91 Å². The highest BCUT2D eigenvalue weighted by Gasteiger charge is 2.53. The lowest BCUT2D eigenvalue weighted by molar-refractivity contribution is -0.125. The first-order chi connectivity index (χ1) is 11.7. The van der Waals surface area contributed by atoms with Gasteiger partial charge in [0.1, 0.15) is 0 Å². The Labute approximate surface area is 147 Å². The molecule has 1 saturated heterocycles. The fraction of sp³-hybridized carbons (Fsp3) is 0.400. The molecular formula is C20H22N2OS. The summed E-state index contributed by atoms with van der Waals surface area (Å²) in [5.41, 5.74) is 3.55. The number of benzene rings is 1. The summed E-state index contributed by atoms with van der Waals surface area (Å²) in [6.07, 6.45) is 9.53. The topological polar surface area (TPSA) is 41.5 Å². The Morgan fingerprint density at radius 1 is 1.33 bits per heavy atom. The fourth-order valence-corrected chi connectivity index (χ4v) is 5.74. The van der Waals surface area contributed by atoms with Gasteiger partial charge in [-0.25, -0.2) is 0 Å². The third-order valence-corrected chi connectivity index (χ3v) is 6.95. The van der Waals surface area contributed by atoms with Crippen molar-refractivity contribution in [1.29, 1.82) is 0 Å². The molecule has 1 aromatic rings. The van der Waals surface area contributed by atoms with E-state index in [0.29, 0.717) is 12.5 Å². The summed E-state index contributed by atoms with van der Waals surface area (Å²) in [6, 6.07) is 8.34. The van der Waals surface area contributed by atoms with Crippen molar-refractivity contribution >= 4 is 23.4 Å². The number of aliphatic imine (C=N–C) groups is 1. The second-order valence-electron chi connectivity index (χ2n) is 6.79. The van der Waals surface area contributed by atoms with Gasteiger partial charge in [0, 0.05) is 18.8 Å². The third kappa shape index (κ3) is 2.63. The second kappa shape index (κ2) is 6.25. The van der Waals surface area contributed by atoms with Gasteiger partial charge in [0.25, 0.3) is 0 Å². The number of aryl methyl sites for hydroxylation is 1. The summed E-state index contributed by atoms with van der Waals surface area (Å²) >= 11 is 1.89. The molecule has 4 rings (SSSR count). The number of nitrogens with zero attached hydrogens (tertiary/aromatic N) is 1. The quantitative estimate of drug-likeness (QED) is 0.919. The minimum atomic E-state index is -0.0706. The van der Waals surface area contributed by atoms with Crippen molar-refractivity contribution in [3.8, 4) is 0 Å². The van der Waals surface area contributed by atoms with Gasteiger partial charge in [0.15, 0.2) is 0 Å². The molecule has 0 saturated carbocycles. The molecule has 0 radical (unpaired) electrons. The van der Waals surface area contributed by atoms with Crippen molar-refractivity contribution in [3.05, 3.63) is 59.7 Å². The van der Waals surface area contributed by atoms with Gasteiger partial charge in [-0.15, -0.1) is 11.8 Å². The third-order valence-electron chi connectivity index (χ3n) is 5.29. The zero-order chi connectivity index (χ0) is 16.6. The molecule has 24 heavy (non-hydrogen) atoms. The van der Waals surface area contributed by atoms with Crippen molar-refractivity contribution in [3.63, 3.8) is 0 Å². The second-order valence-corrected chi connectivity index (χ2v) is 8.09. The molecule has 2 aliphatic heterocycles. The largest absolute Gasteiger partial charge is 0.352 e. The average Bonchev–Trinajstić information content (AvgIpc) is 2.99. The Kier molecular flexibility index (Phi) is 4.09. The lowest BCUT2D eigenvalue weighted by Gasteiger charge is -2.38. The number of amides is 1. The van der Waals surface area contributed by atoms with Gasteiger partial charge >= 0.3 is 0 Å². The Bertz CT molecular complexity index is 735. The van der Waals surface area contributed by atoms with Gasteiger partial charge in [-0.1, -0.05) is 48.1 Å². The van der Waals surface area contributed by atoms with Crippen LogP contribution in [0.5, 0.6) is 0 Å². The molecule has 4 heteroatoms. The van der Waals surface area contributed by atoms with Gasteiger partial charge in [-0.3, -0.25) is 9.79 Å². The highest BCUT2D eigenvalue weighted by atomic mass is 32.2. The van der Waals surface area contributed by atoms with Crippen molar-refractivity contribution in [2.75, 3.05) is 12.3 Å². The molecule has 0 bridgehead atoms. The van der Waals surface area contributed by atoms with Crippen LogP contribution in [-0.4, -0.2) is 28.7 Å². The highest BCUT2D eigenvalue weighted by Crippen LogP contribution is 2.52. The van der Waals surface area contributed by atoms with Crippen LogP contribution in [0.25, 0.3) is 0 Å². The molecule has 1 amide bonds. The first-order valence-electron chi connectivity index (χ1n) is 8.57. The smallest absolute Gasteiger partial charge is 0.224 e. The molecule has 1 aromatic carbocycles. The molecule has 3 nitrogen and oxygen atoms in total. The zero-order valence-corrected chi connectivity index (χ0v) is 14.7. The molecule has 2 heterocycles. The number of hydrogen-bond donors (Lipinski definition) is 1. The van der Waals surface area contributed by atoms with Crippen LogP contribution in [0.3, 0.4) is 0 Å². The van der Waals surface area contributed by atoms with Gasteiger partial charge < -0.3 is 5.32 Å². The van der Waals surface area contributed by atoms with Crippen LogP contribution < -0.4 is 5.32 Å². The van der Waals surface area contributed by atoms with Crippen molar-refractivity contribution in [2.24, 2.45) is 16.8 Å². The Morgan fingerprint density at radius 3 is 3.00 bits per heavy atom. The Morgan fingerprint density at radius 2 is 2.17 bits per heavy atom. The van der Waals surface area contributed by atoms with Crippen LogP contribution in [0.2, 0.25) is 0 Å². The lowest BCUT2D eigenvalue weighted by atomic mass is 9.74. The summed E-state index contributed by atoms with van der Waals surface area (Å²) in [7, 11) is 0. The molecule has 1 N–H and O–H groups in total. The van der Waals surface area contributed by atoms with Crippen LogP contribution in [0.1, 0.15) is 17.5 Å². The van der Waals surface area contributed by atoms with Crippen LogP contribution in [0.15, 0.2) is 53.6 Å². The molecule has 1 fully saturated rings. The number of rotatable bonds is 3. The van der Waals surface area contributed by atoms with Gasteiger partial charge in [-0.05, 0) is 30.9 Å². The van der Waals surface area contributed by atoms with E-state index in [1.807, 2.05) is 11.8 Å². The van der Waals surface area contributed by atoms with Crippen LogP contribution in [0.4, 0.5) is 0 Å². The number of carbonyl (C=O) groups excluding carboxylic acids is 1. The van der Waals surface area contributed by atoms with E-state index in [9.17, 15) is 4.79 Å². The SMILES string of the molecule is Cc1ccc(CNC(=O)C2CSC34C=CC=CC3=NCCC24)cc1. The van der Waals surface area contributed by atoms with Crippen LogP contribution in [-0.2, 0) is 11.3 Å². The van der Waals surface area contributed by atoms with Crippen molar-refractivity contribution < 1.29 is 4.79 Å². The Balaban J connectivity index is 1.46. The molecule has 3 unspecified atom stereocenters. The number of hydrogen-bond acceptors (Lipinski definition) is 3. The number of carbonyl (C=O) groups is 1. The predicted octanol–water partition coefficient (Wildman–Crippen LogP) is 3.30. The van der Waals surface area contributed by atoms with Crippen molar-refractivity contribution in [1.82, 2.24) is 5.32 Å². The molecule has 1 spiro atoms. The minimum Gasteiger partial charge on any atom is -0.352 e. The van der Waals surface area contributed by atoms with Gasteiger partial charge in [-0.2, -0.15) is 0 Å². The normalized spacial score (nSPS) is 30.5. The summed E-state index contributed by atoms with van der Waals surface area (Å²) < 4.78 is -0.0706. The molecule has 1 aliphatic carbocycles. The maximum Gasteiger partial charge on any atom is 0.224 e. The number of allylic oxidation sites excluding steroid dienone is 3. The monoisotopic (exact) mass is 338 g/mol. The van der Waals surface area contributed by atoms with E-state index in [1.54, 1.807) is 0 Å². The first kappa shape index (κ1) is 15.7. The van der Waals surface area contributed by atoms with E-state index in [2.05, 4.69) is 60.8 Å². The number of nitrogens with one attached hydrogen (secondary N) is 1. The first-order valence-corrected chi connectivity index (χ1v) is 9.56. The van der Waals surface area contributed by atoms with E-state index in [-0.39, 0.29) is 16.6 Å². The lowest BCUT2D eigenvalue weighted by Crippen LogP contribution is -2.46. The summed E-state index contributed by atoms with van der Waals surface area (Å²) in [5.74, 6) is 1.49. The van der Waals surface area contributed by atoms with E-state index in [0.717, 1.165) is 30.0 Å². The van der Waals surface area contributed by atoms with Crippen LogP contribution >= 0.6 is 11.8 Å². The standard InChI is InChI=1S/C20H22N2OS/c1-14-5-7-15(8-6-14)12-22-19(23)16-13-24-20-10-3-2-4-18(20)21-11-9-17(16)20/h2-8,10,16-17H,9,11-13H2,1H3,(H,22,23).